The van der Waals surface area contributed by atoms with Crippen molar-refractivity contribution < 1.29 is 23.8 Å². The van der Waals surface area contributed by atoms with Crippen LogP contribution < -0.4 is 19.5 Å². The van der Waals surface area contributed by atoms with E-state index in [4.69, 9.17) is 26.4 Å². The molecule has 0 aliphatic carbocycles. The van der Waals surface area contributed by atoms with Crippen LogP contribution in [0.4, 0.5) is 5.69 Å². The van der Waals surface area contributed by atoms with E-state index in [-0.39, 0.29) is 24.8 Å². The van der Waals surface area contributed by atoms with Gasteiger partial charge in [0, 0.05) is 18.7 Å². The van der Waals surface area contributed by atoms with Gasteiger partial charge in [-0.1, -0.05) is 42.2 Å². The number of benzene rings is 2. The van der Waals surface area contributed by atoms with Crippen LogP contribution in [0.5, 0.6) is 17.2 Å². The van der Waals surface area contributed by atoms with Gasteiger partial charge in [-0.2, -0.15) is 0 Å². The van der Waals surface area contributed by atoms with Crippen molar-refractivity contribution in [2.45, 2.75) is 13.3 Å². The number of nitrogens with zero attached hydrogens (tertiary/aromatic N) is 1. The first kappa shape index (κ1) is 23.6. The zero-order valence-electron chi connectivity index (χ0n) is 18.3. The van der Waals surface area contributed by atoms with Gasteiger partial charge in [-0.05, 0) is 42.3 Å². The first-order chi connectivity index (χ1) is 15.4. The summed E-state index contributed by atoms with van der Waals surface area (Å²) in [5.41, 5.74) is 2.43. The molecule has 0 bridgehead atoms. The van der Waals surface area contributed by atoms with Gasteiger partial charge in [-0.3, -0.25) is 14.5 Å². The van der Waals surface area contributed by atoms with Crippen LogP contribution in [-0.4, -0.2) is 48.9 Å². The molecular weight excluding hydrogens is 448 g/mol. The van der Waals surface area contributed by atoms with Crippen LogP contribution in [0.3, 0.4) is 0 Å². The second kappa shape index (κ2) is 10.5. The van der Waals surface area contributed by atoms with Crippen LogP contribution in [0.15, 0.2) is 41.3 Å². The summed E-state index contributed by atoms with van der Waals surface area (Å²) in [4.78, 5) is 27.2. The number of thioether (sulfide) groups is 1. The number of methoxy groups -OCH3 is 3. The molecule has 0 aromatic heterocycles. The smallest absolute Gasteiger partial charge is 0.266 e. The summed E-state index contributed by atoms with van der Waals surface area (Å²) >= 11 is 6.57. The van der Waals surface area contributed by atoms with Crippen molar-refractivity contribution in [1.82, 2.24) is 4.90 Å². The molecule has 168 valence electrons. The van der Waals surface area contributed by atoms with Crippen LogP contribution in [0.1, 0.15) is 17.5 Å². The first-order valence-corrected chi connectivity index (χ1v) is 11.0. The number of anilines is 1. The number of aryl methyl sites for hydroxylation is 1. The summed E-state index contributed by atoms with van der Waals surface area (Å²) in [6.45, 7) is 2.13. The van der Waals surface area contributed by atoms with E-state index in [9.17, 15) is 9.59 Å². The Labute approximate surface area is 196 Å². The number of thiocarbonyl (C=S) groups is 1. The lowest BCUT2D eigenvalue weighted by Gasteiger charge is -2.15. The Balaban J connectivity index is 1.71. The van der Waals surface area contributed by atoms with Crippen LogP contribution in [0.2, 0.25) is 0 Å². The van der Waals surface area contributed by atoms with E-state index >= 15 is 0 Å². The molecule has 1 heterocycles. The molecule has 1 saturated heterocycles. The molecule has 3 rings (SSSR count). The summed E-state index contributed by atoms with van der Waals surface area (Å²) in [6.07, 6.45) is 1.86. The number of nitrogens with one attached hydrogen (secondary N) is 1. The maximum absolute atomic E-state index is 12.9. The number of ether oxygens (including phenoxy) is 3. The standard InChI is InChI=1S/C23H24N2O5S2/c1-14-7-5-6-8-16(14)24-20(26)9-10-25-22(27)19(32-23(25)31)13-15-11-17(28-2)21(30-4)18(12-15)29-3/h5-8,11-13H,9-10H2,1-4H3,(H,24,26)/b19-13+. The van der Waals surface area contributed by atoms with Crippen molar-refractivity contribution in [3.8, 4) is 17.2 Å². The monoisotopic (exact) mass is 472 g/mol. The molecule has 2 aromatic carbocycles. The molecule has 9 heteroatoms. The van der Waals surface area contributed by atoms with E-state index in [2.05, 4.69) is 5.32 Å². The summed E-state index contributed by atoms with van der Waals surface area (Å²) in [7, 11) is 4.59. The van der Waals surface area contributed by atoms with Gasteiger partial charge >= 0.3 is 0 Å². The molecule has 1 aliphatic rings. The molecular formula is C23H24N2O5S2. The van der Waals surface area contributed by atoms with E-state index in [1.807, 2.05) is 31.2 Å². The van der Waals surface area contributed by atoms with Crippen LogP contribution in [0, 0.1) is 6.92 Å². The average Bonchev–Trinajstić information content (AvgIpc) is 3.05. The number of carbonyl (C=O) groups excluding carboxylic acids is 2. The quantitative estimate of drug-likeness (QED) is 0.455. The maximum Gasteiger partial charge on any atom is 0.266 e. The molecule has 1 aliphatic heterocycles. The van der Waals surface area contributed by atoms with E-state index in [0.29, 0.717) is 32.0 Å². The Morgan fingerprint density at radius 3 is 2.38 bits per heavy atom. The summed E-state index contributed by atoms with van der Waals surface area (Å²) in [5, 5.41) is 2.87. The third-order valence-electron chi connectivity index (χ3n) is 4.84. The fourth-order valence-corrected chi connectivity index (χ4v) is 4.48. The zero-order valence-corrected chi connectivity index (χ0v) is 19.9. The molecule has 1 fully saturated rings. The number of para-hydroxylation sites is 1. The minimum absolute atomic E-state index is 0.137. The van der Waals surface area contributed by atoms with Crippen molar-refractivity contribution in [2.24, 2.45) is 0 Å². The Hall–Kier alpha value is -3.04. The van der Waals surface area contributed by atoms with Gasteiger partial charge in [0.05, 0.1) is 26.2 Å². The molecule has 0 atom stereocenters. The summed E-state index contributed by atoms with van der Waals surface area (Å²) in [6, 6.07) is 11.0. The maximum atomic E-state index is 12.9. The second-order valence-corrected chi connectivity index (χ2v) is 8.58. The van der Waals surface area contributed by atoms with Crippen molar-refractivity contribution in [3.63, 3.8) is 0 Å². The van der Waals surface area contributed by atoms with E-state index in [1.165, 1.54) is 38.0 Å². The van der Waals surface area contributed by atoms with Gasteiger partial charge in [-0.25, -0.2) is 0 Å². The fraction of sp³-hybridized carbons (Fsp3) is 0.261. The highest BCUT2D eigenvalue weighted by Crippen LogP contribution is 2.40. The van der Waals surface area contributed by atoms with Crippen molar-refractivity contribution in [3.05, 3.63) is 52.4 Å². The Bertz CT molecular complexity index is 1060. The predicted octanol–water partition coefficient (Wildman–Crippen LogP) is 4.25. The van der Waals surface area contributed by atoms with E-state index < -0.39 is 0 Å². The van der Waals surface area contributed by atoms with Gasteiger partial charge in [0.2, 0.25) is 11.7 Å². The predicted molar refractivity (Wildman–Crippen MR) is 130 cm³/mol. The molecule has 7 nitrogen and oxygen atoms in total. The van der Waals surface area contributed by atoms with Gasteiger partial charge < -0.3 is 19.5 Å². The SMILES string of the molecule is COc1cc(/C=C2/SC(=S)N(CCC(=O)Nc3ccccc3C)C2=O)cc(OC)c1OC. The lowest BCUT2D eigenvalue weighted by atomic mass is 10.1. The van der Waals surface area contributed by atoms with Crippen LogP contribution >= 0.6 is 24.0 Å². The van der Waals surface area contributed by atoms with E-state index in [1.54, 1.807) is 18.2 Å². The minimum atomic E-state index is -0.238. The number of amides is 2. The summed E-state index contributed by atoms with van der Waals surface area (Å²) < 4.78 is 16.5. The van der Waals surface area contributed by atoms with Crippen molar-refractivity contribution in [1.29, 1.82) is 0 Å². The molecule has 2 aromatic rings. The fourth-order valence-electron chi connectivity index (χ4n) is 3.17. The third kappa shape index (κ3) is 5.23. The van der Waals surface area contributed by atoms with Crippen molar-refractivity contribution in [2.75, 3.05) is 33.2 Å². The molecule has 0 saturated carbocycles. The van der Waals surface area contributed by atoms with E-state index in [0.717, 1.165) is 11.3 Å². The lowest BCUT2D eigenvalue weighted by molar-refractivity contribution is -0.122. The molecule has 32 heavy (non-hydrogen) atoms. The van der Waals surface area contributed by atoms with Gasteiger partial charge in [0.1, 0.15) is 4.32 Å². The van der Waals surface area contributed by atoms with Crippen LogP contribution in [-0.2, 0) is 9.59 Å². The number of carbonyl (C=O) groups is 2. The van der Waals surface area contributed by atoms with Crippen LogP contribution in [0.25, 0.3) is 6.08 Å². The number of hydrogen-bond acceptors (Lipinski definition) is 7. The Morgan fingerprint density at radius 1 is 1.12 bits per heavy atom. The molecule has 0 spiro atoms. The highest BCUT2D eigenvalue weighted by molar-refractivity contribution is 8.26. The second-order valence-electron chi connectivity index (χ2n) is 6.91. The molecule has 0 unspecified atom stereocenters. The average molecular weight is 473 g/mol. The molecule has 1 N–H and O–H groups in total. The Morgan fingerprint density at radius 2 is 1.78 bits per heavy atom. The first-order valence-electron chi connectivity index (χ1n) is 9.78. The molecule has 2 amide bonds. The zero-order chi connectivity index (χ0) is 23.3. The summed E-state index contributed by atoms with van der Waals surface area (Å²) in [5.74, 6) is 1.03. The molecule has 0 radical (unpaired) electrons. The normalized spacial score (nSPS) is 14.6. The number of hydrogen-bond donors (Lipinski definition) is 1. The lowest BCUT2D eigenvalue weighted by Crippen LogP contribution is -2.31. The number of rotatable bonds is 8. The minimum Gasteiger partial charge on any atom is -0.493 e. The van der Waals surface area contributed by atoms with Gasteiger partial charge in [0.15, 0.2) is 11.5 Å². The Kier molecular flexibility index (Phi) is 7.76. The van der Waals surface area contributed by atoms with Crippen molar-refractivity contribution >= 4 is 51.9 Å². The highest BCUT2D eigenvalue weighted by atomic mass is 32.2. The van der Waals surface area contributed by atoms with Gasteiger partial charge in [-0.15, -0.1) is 0 Å². The van der Waals surface area contributed by atoms with Gasteiger partial charge in [0.25, 0.3) is 5.91 Å². The third-order valence-corrected chi connectivity index (χ3v) is 6.22. The largest absolute Gasteiger partial charge is 0.493 e. The highest BCUT2D eigenvalue weighted by Gasteiger charge is 2.32. The topological polar surface area (TPSA) is 77.1 Å².